The Balaban J connectivity index is 2.06. The molecule has 0 aromatic heterocycles. The van der Waals surface area contributed by atoms with E-state index in [1.54, 1.807) is 12.1 Å². The lowest BCUT2D eigenvalue weighted by Gasteiger charge is -2.27. The molecule has 0 fully saturated rings. The molecule has 3 nitrogen and oxygen atoms in total. The molecule has 21 heavy (non-hydrogen) atoms. The van der Waals surface area contributed by atoms with Crippen LogP contribution in [0.5, 0.6) is 0 Å². The number of carboxylic acid groups (broad SMARTS) is 1. The van der Waals surface area contributed by atoms with Crippen LogP contribution >= 0.6 is 0 Å². The van der Waals surface area contributed by atoms with E-state index >= 15 is 0 Å². The molecule has 1 aliphatic rings. The van der Waals surface area contributed by atoms with Gasteiger partial charge in [-0.3, -0.25) is 0 Å². The molecule has 0 bridgehead atoms. The number of anilines is 2. The van der Waals surface area contributed by atoms with Crippen molar-refractivity contribution in [3.05, 3.63) is 59.2 Å². The normalized spacial score (nSPS) is 14.4. The number of hydrogen-bond donors (Lipinski definition) is 1. The van der Waals surface area contributed by atoms with Gasteiger partial charge >= 0.3 is 5.97 Å². The van der Waals surface area contributed by atoms with Gasteiger partial charge in [0.1, 0.15) is 0 Å². The maximum atomic E-state index is 11.1. The fourth-order valence-electron chi connectivity index (χ4n) is 3.03. The molecule has 2 aromatic carbocycles. The van der Waals surface area contributed by atoms with Gasteiger partial charge in [0.15, 0.2) is 0 Å². The van der Waals surface area contributed by atoms with Crippen LogP contribution in [0.2, 0.25) is 0 Å². The van der Waals surface area contributed by atoms with Crippen molar-refractivity contribution in [2.24, 2.45) is 0 Å². The van der Waals surface area contributed by atoms with Crippen molar-refractivity contribution in [1.82, 2.24) is 0 Å². The molecule has 0 saturated heterocycles. The number of nitrogens with zero attached hydrogens (tertiary/aromatic N) is 1. The number of carbonyl (C=O) groups is 1. The average Bonchev–Trinajstić information content (AvgIpc) is 2.69. The molecule has 1 N–H and O–H groups in total. The number of carboxylic acids is 1. The smallest absolute Gasteiger partial charge is 0.335 e. The molecule has 1 heterocycles. The van der Waals surface area contributed by atoms with Gasteiger partial charge in [-0.1, -0.05) is 18.2 Å². The van der Waals surface area contributed by atoms with Crippen LogP contribution in [0.4, 0.5) is 11.4 Å². The summed E-state index contributed by atoms with van der Waals surface area (Å²) in [6.45, 7) is 2.96. The topological polar surface area (TPSA) is 40.5 Å². The Hall–Kier alpha value is -2.29. The van der Waals surface area contributed by atoms with Crippen molar-refractivity contribution in [3.8, 4) is 0 Å². The lowest BCUT2D eigenvalue weighted by atomic mass is 10.1. The zero-order chi connectivity index (χ0) is 14.8. The first kappa shape index (κ1) is 13.7. The molecule has 3 heteroatoms. The number of aryl methyl sites for hydroxylation is 2. The fourth-order valence-corrected chi connectivity index (χ4v) is 3.03. The third-order valence-electron chi connectivity index (χ3n) is 4.09. The highest BCUT2D eigenvalue weighted by atomic mass is 16.4. The van der Waals surface area contributed by atoms with E-state index < -0.39 is 5.97 Å². The van der Waals surface area contributed by atoms with Crippen LogP contribution in [0.3, 0.4) is 0 Å². The Labute approximate surface area is 124 Å². The van der Waals surface area contributed by atoms with Gasteiger partial charge in [-0.25, -0.2) is 4.79 Å². The molecule has 0 saturated carbocycles. The van der Waals surface area contributed by atoms with Crippen molar-refractivity contribution in [1.29, 1.82) is 0 Å². The summed E-state index contributed by atoms with van der Waals surface area (Å²) in [7, 11) is 0. The first-order valence-electron chi connectivity index (χ1n) is 7.36. The van der Waals surface area contributed by atoms with Crippen molar-refractivity contribution < 1.29 is 9.90 Å². The third-order valence-corrected chi connectivity index (χ3v) is 4.09. The predicted octanol–water partition coefficient (Wildman–Crippen LogP) is 4.17. The molecule has 0 aliphatic carbocycles. The van der Waals surface area contributed by atoms with Crippen LogP contribution in [-0.4, -0.2) is 17.6 Å². The van der Waals surface area contributed by atoms with E-state index in [4.69, 9.17) is 5.11 Å². The first-order chi connectivity index (χ1) is 10.2. The van der Waals surface area contributed by atoms with E-state index in [1.807, 2.05) is 13.0 Å². The highest BCUT2D eigenvalue weighted by Gasteiger charge is 2.18. The van der Waals surface area contributed by atoms with E-state index in [1.165, 1.54) is 17.7 Å². The summed E-state index contributed by atoms with van der Waals surface area (Å²) < 4.78 is 0. The minimum Gasteiger partial charge on any atom is -0.478 e. The minimum absolute atomic E-state index is 0.347. The van der Waals surface area contributed by atoms with E-state index in [2.05, 4.69) is 29.2 Å². The Morgan fingerprint density at radius 1 is 1.10 bits per heavy atom. The van der Waals surface area contributed by atoms with Gasteiger partial charge < -0.3 is 10.0 Å². The highest BCUT2D eigenvalue weighted by molar-refractivity contribution is 5.89. The summed E-state index contributed by atoms with van der Waals surface area (Å²) in [4.78, 5) is 13.4. The van der Waals surface area contributed by atoms with Crippen LogP contribution in [0.1, 0.15) is 34.3 Å². The second-order valence-corrected chi connectivity index (χ2v) is 5.54. The maximum Gasteiger partial charge on any atom is 0.335 e. The molecular weight excluding hydrogens is 262 g/mol. The summed E-state index contributed by atoms with van der Waals surface area (Å²) in [6, 6.07) is 13.9. The molecule has 0 unspecified atom stereocenters. The van der Waals surface area contributed by atoms with E-state index in [0.29, 0.717) is 5.56 Å². The number of rotatable bonds is 2. The Bertz CT molecular complexity index is 679. The van der Waals surface area contributed by atoms with E-state index in [0.717, 1.165) is 30.6 Å². The zero-order valence-corrected chi connectivity index (χ0v) is 12.2. The number of fused-ring (bicyclic) bond motifs is 1. The molecule has 0 atom stereocenters. The Morgan fingerprint density at radius 3 is 2.67 bits per heavy atom. The quantitative estimate of drug-likeness (QED) is 0.898. The lowest BCUT2D eigenvalue weighted by Crippen LogP contribution is -2.19. The van der Waals surface area contributed by atoms with Crippen LogP contribution in [0.25, 0.3) is 0 Å². The van der Waals surface area contributed by atoms with Gasteiger partial charge in [0.2, 0.25) is 0 Å². The van der Waals surface area contributed by atoms with E-state index in [9.17, 15) is 4.79 Å². The van der Waals surface area contributed by atoms with Crippen LogP contribution in [0, 0.1) is 6.92 Å². The van der Waals surface area contributed by atoms with Gasteiger partial charge in [-0.05, 0) is 61.6 Å². The minimum atomic E-state index is -0.874. The van der Waals surface area contributed by atoms with Crippen molar-refractivity contribution in [3.63, 3.8) is 0 Å². The molecule has 3 rings (SSSR count). The van der Waals surface area contributed by atoms with Crippen molar-refractivity contribution >= 4 is 17.3 Å². The Kier molecular flexibility index (Phi) is 3.65. The molecular formula is C18H19NO2. The summed E-state index contributed by atoms with van der Waals surface area (Å²) in [5, 5.41) is 9.10. The fraction of sp³-hybridized carbons (Fsp3) is 0.278. The summed E-state index contributed by atoms with van der Waals surface area (Å²) in [5.74, 6) is -0.874. The molecule has 2 aromatic rings. The molecule has 108 valence electrons. The van der Waals surface area contributed by atoms with Crippen molar-refractivity contribution in [2.75, 3.05) is 11.4 Å². The first-order valence-corrected chi connectivity index (χ1v) is 7.36. The monoisotopic (exact) mass is 281 g/mol. The largest absolute Gasteiger partial charge is 0.478 e. The van der Waals surface area contributed by atoms with E-state index in [-0.39, 0.29) is 0 Å². The summed E-state index contributed by atoms with van der Waals surface area (Å²) in [5.41, 5.74) is 5.08. The second-order valence-electron chi connectivity index (χ2n) is 5.54. The maximum absolute atomic E-state index is 11.1. The number of hydrogen-bond acceptors (Lipinski definition) is 2. The molecule has 0 amide bonds. The van der Waals surface area contributed by atoms with Crippen LogP contribution in [0.15, 0.2) is 42.5 Å². The van der Waals surface area contributed by atoms with Crippen LogP contribution in [-0.2, 0) is 6.42 Å². The average molecular weight is 281 g/mol. The van der Waals surface area contributed by atoms with Crippen LogP contribution < -0.4 is 4.90 Å². The second kappa shape index (κ2) is 5.60. The summed E-state index contributed by atoms with van der Waals surface area (Å²) >= 11 is 0. The van der Waals surface area contributed by atoms with Gasteiger partial charge in [0.25, 0.3) is 0 Å². The van der Waals surface area contributed by atoms with Gasteiger partial charge in [-0.2, -0.15) is 0 Å². The molecule has 0 radical (unpaired) electrons. The zero-order valence-electron chi connectivity index (χ0n) is 12.2. The predicted molar refractivity (Wildman–Crippen MR) is 84.5 cm³/mol. The number of benzene rings is 2. The third kappa shape index (κ3) is 2.64. The lowest BCUT2D eigenvalue weighted by molar-refractivity contribution is 0.0697. The van der Waals surface area contributed by atoms with Gasteiger partial charge in [0.05, 0.1) is 5.56 Å². The van der Waals surface area contributed by atoms with Gasteiger partial charge in [-0.15, -0.1) is 0 Å². The SMILES string of the molecule is Cc1cc(C(=O)O)ccc1N1CCCCc2ccccc21. The van der Waals surface area contributed by atoms with Crippen molar-refractivity contribution in [2.45, 2.75) is 26.2 Å². The number of para-hydroxylation sites is 1. The molecule has 0 spiro atoms. The number of aromatic carboxylic acids is 1. The Morgan fingerprint density at radius 2 is 1.90 bits per heavy atom. The molecule has 1 aliphatic heterocycles. The summed E-state index contributed by atoms with van der Waals surface area (Å²) in [6.07, 6.45) is 3.45. The highest BCUT2D eigenvalue weighted by Crippen LogP contribution is 2.34. The standard InChI is InChI=1S/C18H19NO2/c1-13-12-15(18(20)21)9-10-16(13)19-11-5-4-7-14-6-2-3-8-17(14)19/h2-3,6,8-10,12H,4-5,7,11H2,1H3,(H,20,21). The van der Waals surface area contributed by atoms with Gasteiger partial charge in [0, 0.05) is 17.9 Å².